The molecule has 200 valence electrons. The van der Waals surface area contributed by atoms with Crippen LogP contribution < -0.4 is 15.7 Å². The number of aromatic nitrogens is 2. The average molecular weight is 503 g/mol. The minimum absolute atomic E-state index is 0.0605. The van der Waals surface area contributed by atoms with Crippen molar-refractivity contribution in [3.8, 4) is 0 Å². The van der Waals surface area contributed by atoms with E-state index in [1.807, 2.05) is 27.7 Å². The van der Waals surface area contributed by atoms with Crippen LogP contribution in [0.4, 0.5) is 10.7 Å². The molecule has 2 amide bonds. The van der Waals surface area contributed by atoms with Gasteiger partial charge in [0, 0.05) is 37.0 Å². The molecule has 36 heavy (non-hydrogen) atoms. The Bertz CT molecular complexity index is 931. The Hall–Kier alpha value is -2.40. The molecule has 2 fully saturated rings. The Morgan fingerprint density at radius 1 is 1.14 bits per heavy atom. The fourth-order valence-corrected chi connectivity index (χ4v) is 4.37. The summed E-state index contributed by atoms with van der Waals surface area (Å²) in [5, 5.41) is 2.64. The molecule has 1 aromatic heterocycles. The van der Waals surface area contributed by atoms with E-state index >= 15 is 0 Å². The first-order valence-corrected chi connectivity index (χ1v) is 12.7. The van der Waals surface area contributed by atoms with Crippen LogP contribution in [-0.2, 0) is 18.8 Å². The maximum Gasteiger partial charge on any atom is 0.498 e. The number of likely N-dealkylation sites (tertiary alicyclic amines) is 1. The van der Waals surface area contributed by atoms with Crippen LogP contribution in [0.1, 0.15) is 75.7 Å². The van der Waals surface area contributed by atoms with Crippen molar-refractivity contribution in [2.24, 2.45) is 0 Å². The predicted molar refractivity (Wildman–Crippen MR) is 139 cm³/mol. The molecule has 3 heterocycles. The molecule has 1 aromatic rings. The third-order valence-electron chi connectivity index (χ3n) is 6.94. The van der Waals surface area contributed by atoms with Gasteiger partial charge in [-0.15, -0.1) is 0 Å². The predicted octanol–water partition coefficient (Wildman–Crippen LogP) is 2.50. The molecule has 1 N–H and O–H groups in total. The Labute approximate surface area is 215 Å². The maximum atomic E-state index is 13.0. The lowest BCUT2D eigenvalue weighted by atomic mass is 9.81. The van der Waals surface area contributed by atoms with Crippen LogP contribution >= 0.6 is 0 Å². The van der Waals surface area contributed by atoms with Crippen molar-refractivity contribution < 1.29 is 23.6 Å². The van der Waals surface area contributed by atoms with E-state index in [0.29, 0.717) is 19.0 Å². The van der Waals surface area contributed by atoms with Crippen molar-refractivity contribution >= 4 is 30.5 Å². The van der Waals surface area contributed by atoms with Gasteiger partial charge in [-0.1, -0.05) is 0 Å². The molecule has 0 spiro atoms. The molecule has 0 aromatic carbocycles. The van der Waals surface area contributed by atoms with Crippen molar-refractivity contribution in [3.05, 3.63) is 12.4 Å². The van der Waals surface area contributed by atoms with E-state index in [-0.39, 0.29) is 18.0 Å². The second kappa shape index (κ2) is 10.2. The van der Waals surface area contributed by atoms with E-state index in [4.69, 9.17) is 14.0 Å². The fourth-order valence-electron chi connectivity index (χ4n) is 4.37. The van der Waals surface area contributed by atoms with Gasteiger partial charge in [0.05, 0.1) is 17.2 Å². The van der Waals surface area contributed by atoms with Gasteiger partial charge >= 0.3 is 13.2 Å². The smallest absolute Gasteiger partial charge is 0.444 e. The van der Waals surface area contributed by atoms with Gasteiger partial charge in [-0.2, -0.15) is 0 Å². The normalized spacial score (nSPS) is 22.0. The first kappa shape index (κ1) is 28.2. The van der Waals surface area contributed by atoms with E-state index in [1.54, 1.807) is 45.0 Å². The summed E-state index contributed by atoms with van der Waals surface area (Å²) in [5.74, 6) is 0.466. The highest BCUT2D eigenvalue weighted by molar-refractivity contribution is 6.61. The minimum Gasteiger partial charge on any atom is -0.444 e. The zero-order chi connectivity index (χ0) is 27.1. The molecule has 11 heteroatoms. The minimum atomic E-state index is -0.679. The number of hydrogen-bond donors (Lipinski definition) is 1. The topological polar surface area (TPSA) is 106 Å². The third-order valence-corrected chi connectivity index (χ3v) is 6.94. The van der Waals surface area contributed by atoms with E-state index in [9.17, 15) is 9.59 Å². The molecule has 10 nitrogen and oxygen atoms in total. The number of ether oxygens (including phenoxy) is 1. The third kappa shape index (κ3) is 6.29. The SMILES string of the molecule is CC(C)N(c1ncc(B2OC(C)(C)C(C)(C)O2)cn1)[C@@H]1CCN(C(=O)[C@H](C)NC(=O)OC(C)(C)C)C1. The van der Waals surface area contributed by atoms with Crippen molar-refractivity contribution in [1.29, 1.82) is 0 Å². The van der Waals surface area contributed by atoms with Crippen molar-refractivity contribution in [2.45, 2.75) is 111 Å². The number of carbonyl (C=O) groups is 2. The Kier molecular flexibility index (Phi) is 7.96. The van der Waals surface area contributed by atoms with E-state index in [0.717, 1.165) is 11.9 Å². The summed E-state index contributed by atoms with van der Waals surface area (Å²) in [6.07, 6.45) is 3.69. The van der Waals surface area contributed by atoms with Crippen LogP contribution in [0, 0.1) is 0 Å². The summed E-state index contributed by atoms with van der Waals surface area (Å²) < 4.78 is 17.5. The Morgan fingerprint density at radius 3 is 2.19 bits per heavy atom. The first-order chi connectivity index (χ1) is 16.5. The van der Waals surface area contributed by atoms with Crippen molar-refractivity contribution in [3.63, 3.8) is 0 Å². The number of nitrogens with zero attached hydrogens (tertiary/aromatic N) is 4. The van der Waals surface area contributed by atoms with Crippen LogP contribution in [0.15, 0.2) is 12.4 Å². The van der Waals surface area contributed by atoms with Gasteiger partial charge in [0.1, 0.15) is 11.6 Å². The highest BCUT2D eigenvalue weighted by Gasteiger charge is 2.52. The molecule has 0 unspecified atom stereocenters. The molecule has 2 aliphatic heterocycles. The number of anilines is 1. The van der Waals surface area contributed by atoms with Gasteiger partial charge in [0.25, 0.3) is 0 Å². The number of alkyl carbamates (subject to hydrolysis) is 1. The van der Waals surface area contributed by atoms with E-state index in [2.05, 4.69) is 34.0 Å². The summed E-state index contributed by atoms with van der Waals surface area (Å²) in [4.78, 5) is 38.3. The van der Waals surface area contributed by atoms with Crippen LogP contribution in [0.25, 0.3) is 0 Å². The molecule has 0 saturated carbocycles. The van der Waals surface area contributed by atoms with Crippen LogP contribution in [0.5, 0.6) is 0 Å². The average Bonchev–Trinajstić information content (AvgIpc) is 3.28. The van der Waals surface area contributed by atoms with Crippen LogP contribution in [0.2, 0.25) is 0 Å². The molecule has 0 aliphatic carbocycles. The second-order valence-electron chi connectivity index (χ2n) is 12.0. The van der Waals surface area contributed by atoms with Gasteiger partial charge in [0.2, 0.25) is 11.9 Å². The molecular weight excluding hydrogens is 461 g/mol. The molecule has 2 saturated heterocycles. The van der Waals surface area contributed by atoms with E-state index in [1.165, 1.54) is 0 Å². The van der Waals surface area contributed by atoms with Gasteiger partial charge in [0.15, 0.2) is 0 Å². The zero-order valence-electron chi connectivity index (χ0n) is 23.4. The zero-order valence-corrected chi connectivity index (χ0v) is 23.4. The number of carbonyl (C=O) groups excluding carboxylic acids is 2. The van der Waals surface area contributed by atoms with Gasteiger partial charge in [-0.05, 0) is 75.7 Å². The van der Waals surface area contributed by atoms with Gasteiger partial charge in [-0.3, -0.25) is 4.79 Å². The monoisotopic (exact) mass is 503 g/mol. The standard InChI is InChI=1S/C25H42BN5O5/c1-16(2)31(21-27-13-18(14-28-21)26-35-24(7,8)25(9,10)36-26)19-11-12-30(15-19)20(32)17(3)29-22(33)34-23(4,5)6/h13-14,16-17,19H,11-12,15H2,1-10H3,(H,29,33)/t17-,19+/m0/s1. The molecule has 2 aliphatic rings. The lowest BCUT2D eigenvalue weighted by Gasteiger charge is -2.33. The molecule has 0 bridgehead atoms. The summed E-state index contributed by atoms with van der Waals surface area (Å²) in [5.41, 5.74) is -0.724. The number of rotatable bonds is 6. The summed E-state index contributed by atoms with van der Waals surface area (Å²) in [7, 11) is -0.518. The summed E-state index contributed by atoms with van der Waals surface area (Å²) >= 11 is 0. The second-order valence-corrected chi connectivity index (χ2v) is 12.0. The molecule has 3 rings (SSSR count). The van der Waals surface area contributed by atoms with Crippen molar-refractivity contribution in [2.75, 3.05) is 18.0 Å². The highest BCUT2D eigenvalue weighted by Crippen LogP contribution is 2.36. The Balaban J connectivity index is 1.65. The number of nitrogens with one attached hydrogen (secondary N) is 1. The number of hydrogen-bond acceptors (Lipinski definition) is 8. The van der Waals surface area contributed by atoms with Crippen LogP contribution in [0.3, 0.4) is 0 Å². The highest BCUT2D eigenvalue weighted by atomic mass is 16.7. The molecule has 0 radical (unpaired) electrons. The Morgan fingerprint density at radius 2 is 1.69 bits per heavy atom. The molecular formula is C25H42BN5O5. The fraction of sp³-hybridized carbons (Fsp3) is 0.760. The lowest BCUT2D eigenvalue weighted by molar-refractivity contribution is -0.132. The van der Waals surface area contributed by atoms with E-state index < -0.39 is 36.1 Å². The maximum absolute atomic E-state index is 13.0. The first-order valence-electron chi connectivity index (χ1n) is 12.7. The number of amides is 2. The lowest BCUT2D eigenvalue weighted by Crippen LogP contribution is -2.49. The largest absolute Gasteiger partial charge is 0.498 e. The summed E-state index contributed by atoms with van der Waals surface area (Å²) in [6.45, 7) is 20.4. The molecule has 2 atom stereocenters. The quantitative estimate of drug-likeness (QED) is 0.591. The van der Waals surface area contributed by atoms with Gasteiger partial charge < -0.3 is 29.2 Å². The van der Waals surface area contributed by atoms with Gasteiger partial charge in [-0.25, -0.2) is 14.8 Å². The summed E-state index contributed by atoms with van der Waals surface area (Å²) in [6, 6.07) is -0.489. The van der Waals surface area contributed by atoms with Crippen molar-refractivity contribution in [1.82, 2.24) is 20.2 Å². The van der Waals surface area contributed by atoms with Crippen LogP contribution in [-0.4, -0.2) is 82.0 Å².